The van der Waals surface area contributed by atoms with Gasteiger partial charge in [0.2, 0.25) is 15.6 Å². The van der Waals surface area contributed by atoms with Crippen LogP contribution in [0, 0.1) is 0 Å². The molecule has 0 unspecified atom stereocenters. The Morgan fingerprint density at radius 1 is 1.03 bits per heavy atom. The average molecular weight is 436 g/mol. The van der Waals surface area contributed by atoms with E-state index in [9.17, 15) is 13.2 Å². The number of carbonyl (C=O) groups is 1. The maximum Gasteiger partial charge on any atom is 0.254 e. The highest BCUT2D eigenvalue weighted by Gasteiger charge is 2.17. The zero-order valence-electron chi connectivity index (χ0n) is 16.7. The zero-order chi connectivity index (χ0) is 21.8. The molecule has 0 radical (unpaired) electrons. The molecule has 9 heteroatoms. The summed E-state index contributed by atoms with van der Waals surface area (Å²) < 4.78 is 32.7. The molecule has 0 aliphatic heterocycles. The highest BCUT2D eigenvalue weighted by Crippen LogP contribution is 2.23. The second-order valence-electron chi connectivity index (χ2n) is 6.71. The number of sulfone groups is 1. The van der Waals surface area contributed by atoms with Gasteiger partial charge in [0.05, 0.1) is 22.0 Å². The van der Waals surface area contributed by atoms with Gasteiger partial charge in [0.25, 0.3) is 5.91 Å². The van der Waals surface area contributed by atoms with E-state index in [2.05, 4.69) is 15.3 Å². The number of imidazole rings is 1. The molecule has 0 atom stereocenters. The molecule has 4 rings (SSSR count). The third kappa shape index (κ3) is 4.41. The first-order valence-corrected chi connectivity index (χ1v) is 11.1. The number of aromatic nitrogens is 3. The predicted molar refractivity (Wildman–Crippen MR) is 114 cm³/mol. The minimum absolute atomic E-state index is 0.182. The second-order valence-corrected chi connectivity index (χ2v) is 8.66. The third-order valence-corrected chi connectivity index (χ3v) is 6.42. The largest absolute Gasteiger partial charge is 0.494 e. The maximum absolute atomic E-state index is 12.8. The highest BCUT2D eigenvalue weighted by molar-refractivity contribution is 7.91. The minimum Gasteiger partial charge on any atom is -0.494 e. The fourth-order valence-corrected chi connectivity index (χ4v) is 4.28. The normalized spacial score (nSPS) is 11.4. The number of nitrogens with zero attached hydrogens (tertiary/aromatic N) is 3. The van der Waals surface area contributed by atoms with E-state index in [0.29, 0.717) is 23.7 Å². The minimum atomic E-state index is -3.64. The van der Waals surface area contributed by atoms with Crippen LogP contribution in [0.5, 0.6) is 5.75 Å². The number of rotatable bonds is 7. The molecular weight excluding hydrogens is 416 g/mol. The van der Waals surface area contributed by atoms with Crippen LogP contribution in [-0.2, 0) is 16.4 Å². The van der Waals surface area contributed by atoms with Crippen molar-refractivity contribution in [3.05, 3.63) is 84.4 Å². The van der Waals surface area contributed by atoms with Gasteiger partial charge < -0.3 is 10.1 Å². The number of hydrogen-bond donors (Lipinski definition) is 1. The van der Waals surface area contributed by atoms with Crippen LogP contribution in [0.4, 0.5) is 0 Å². The van der Waals surface area contributed by atoms with Gasteiger partial charge in [-0.15, -0.1) is 0 Å². The summed E-state index contributed by atoms with van der Waals surface area (Å²) in [5.74, 6) is 0.852. The molecule has 1 N–H and O–H groups in total. The Balaban J connectivity index is 1.43. The number of ether oxygens (including phenoxy) is 1. The van der Waals surface area contributed by atoms with Crippen molar-refractivity contribution < 1.29 is 17.9 Å². The van der Waals surface area contributed by atoms with Crippen LogP contribution in [0.3, 0.4) is 0 Å². The van der Waals surface area contributed by atoms with Crippen LogP contribution in [-0.4, -0.2) is 35.3 Å². The fourth-order valence-electron chi connectivity index (χ4n) is 3.02. The van der Waals surface area contributed by atoms with Crippen molar-refractivity contribution in [3.63, 3.8) is 0 Å². The van der Waals surface area contributed by atoms with Crippen LogP contribution >= 0.6 is 0 Å². The molecule has 158 valence electrons. The van der Waals surface area contributed by atoms with E-state index < -0.39 is 9.84 Å². The molecule has 0 saturated carbocycles. The number of benzene rings is 2. The summed E-state index contributed by atoms with van der Waals surface area (Å²) in [6.45, 7) is 2.63. The number of nitrogens with one attached hydrogen (secondary N) is 1. The van der Waals surface area contributed by atoms with Crippen LogP contribution in [0.15, 0.2) is 83.1 Å². The van der Waals surface area contributed by atoms with Crippen LogP contribution in [0.2, 0.25) is 0 Å². The third-order valence-electron chi connectivity index (χ3n) is 4.64. The van der Waals surface area contributed by atoms with Gasteiger partial charge in [-0.25, -0.2) is 18.4 Å². The zero-order valence-corrected chi connectivity index (χ0v) is 17.5. The molecule has 1 amide bonds. The molecular formula is C22H20N4O4S. The number of hydrogen-bond acceptors (Lipinski definition) is 6. The van der Waals surface area contributed by atoms with Crippen molar-refractivity contribution in [2.24, 2.45) is 0 Å². The Morgan fingerprint density at radius 2 is 1.71 bits per heavy atom. The maximum atomic E-state index is 12.8. The topological polar surface area (TPSA) is 103 Å². The van der Waals surface area contributed by atoms with Crippen molar-refractivity contribution in [2.45, 2.75) is 23.3 Å². The lowest BCUT2D eigenvalue weighted by molar-refractivity contribution is 0.0950. The smallest absolute Gasteiger partial charge is 0.254 e. The molecule has 0 fully saturated rings. The highest BCUT2D eigenvalue weighted by atomic mass is 32.2. The Kier molecular flexibility index (Phi) is 5.68. The Labute approximate surface area is 179 Å². The van der Waals surface area contributed by atoms with Crippen molar-refractivity contribution >= 4 is 21.5 Å². The fraction of sp³-hybridized carbons (Fsp3) is 0.136. The van der Waals surface area contributed by atoms with Gasteiger partial charge in [0.1, 0.15) is 5.75 Å². The number of amides is 1. The quantitative estimate of drug-likeness (QED) is 0.478. The summed E-state index contributed by atoms with van der Waals surface area (Å²) in [6, 6.07) is 12.8. The van der Waals surface area contributed by atoms with E-state index in [-0.39, 0.29) is 22.2 Å². The predicted octanol–water partition coefficient (Wildman–Crippen LogP) is 2.89. The van der Waals surface area contributed by atoms with Crippen molar-refractivity contribution in [1.82, 2.24) is 19.7 Å². The molecule has 0 bridgehead atoms. The molecule has 0 saturated heterocycles. The number of fused-ring (bicyclic) bond motifs is 1. The van der Waals surface area contributed by atoms with E-state index in [1.54, 1.807) is 47.3 Å². The monoisotopic (exact) mass is 436 g/mol. The standard InChI is InChI=1S/C22H20N4O4S/c1-2-30-18-5-9-20(10-6-18)31(28,29)19-7-3-16(4-8-19)13-24-21(27)17-14-25-22-23-11-12-26(22)15-17/h3-12,14-15H,2,13H2,1H3,(H,24,27). The SMILES string of the molecule is CCOc1ccc(S(=O)(=O)c2ccc(CNC(=O)c3cnc4nccn4c3)cc2)cc1. The summed E-state index contributed by atoms with van der Waals surface area (Å²) in [5.41, 5.74) is 1.18. The van der Waals surface area contributed by atoms with Crippen molar-refractivity contribution in [2.75, 3.05) is 6.61 Å². The summed E-state index contributed by atoms with van der Waals surface area (Å²) >= 11 is 0. The summed E-state index contributed by atoms with van der Waals surface area (Å²) in [4.78, 5) is 20.9. The first-order valence-electron chi connectivity index (χ1n) is 9.61. The molecule has 31 heavy (non-hydrogen) atoms. The van der Waals surface area contributed by atoms with Gasteiger partial charge >= 0.3 is 0 Å². The average Bonchev–Trinajstić information content (AvgIpc) is 3.26. The Morgan fingerprint density at radius 3 is 2.39 bits per heavy atom. The van der Waals surface area contributed by atoms with E-state index in [0.717, 1.165) is 5.56 Å². The van der Waals surface area contributed by atoms with E-state index in [1.807, 2.05) is 6.92 Å². The lowest BCUT2D eigenvalue weighted by Crippen LogP contribution is -2.23. The second kappa shape index (κ2) is 8.57. The first kappa shape index (κ1) is 20.5. The Hall–Kier alpha value is -3.72. The van der Waals surface area contributed by atoms with Crippen LogP contribution in [0.25, 0.3) is 5.78 Å². The first-order chi connectivity index (χ1) is 15.0. The molecule has 2 aromatic heterocycles. The lowest BCUT2D eigenvalue weighted by Gasteiger charge is -2.09. The lowest BCUT2D eigenvalue weighted by atomic mass is 10.2. The van der Waals surface area contributed by atoms with Crippen LogP contribution in [0.1, 0.15) is 22.8 Å². The Bertz CT molecular complexity index is 1310. The van der Waals surface area contributed by atoms with Crippen LogP contribution < -0.4 is 10.1 Å². The summed E-state index contributed by atoms with van der Waals surface area (Å²) in [6.07, 6.45) is 6.43. The molecule has 8 nitrogen and oxygen atoms in total. The van der Waals surface area contributed by atoms with Gasteiger partial charge in [-0.2, -0.15) is 0 Å². The molecule has 2 heterocycles. The van der Waals surface area contributed by atoms with Gasteiger partial charge in [-0.3, -0.25) is 9.20 Å². The van der Waals surface area contributed by atoms with Gasteiger partial charge in [-0.1, -0.05) is 12.1 Å². The van der Waals surface area contributed by atoms with E-state index in [4.69, 9.17) is 4.74 Å². The van der Waals surface area contributed by atoms with E-state index in [1.165, 1.54) is 30.5 Å². The summed E-state index contributed by atoms with van der Waals surface area (Å²) in [5, 5.41) is 2.80. The molecule has 2 aromatic carbocycles. The van der Waals surface area contributed by atoms with E-state index >= 15 is 0 Å². The number of carbonyl (C=O) groups excluding carboxylic acids is 1. The molecule has 0 spiro atoms. The van der Waals surface area contributed by atoms with Gasteiger partial charge in [0, 0.05) is 31.3 Å². The molecule has 0 aliphatic carbocycles. The molecule has 0 aliphatic rings. The summed E-state index contributed by atoms with van der Waals surface area (Å²) in [7, 11) is -3.64. The van der Waals surface area contributed by atoms with Gasteiger partial charge in [-0.05, 0) is 48.9 Å². The van der Waals surface area contributed by atoms with Gasteiger partial charge in [0.15, 0.2) is 0 Å². The van der Waals surface area contributed by atoms with Crippen molar-refractivity contribution in [3.8, 4) is 5.75 Å². The van der Waals surface area contributed by atoms with Crippen molar-refractivity contribution in [1.29, 1.82) is 0 Å². The molecule has 4 aromatic rings.